The quantitative estimate of drug-likeness (QED) is 0.899. The maximum Gasteiger partial charge on any atom is 0.339 e. The van der Waals surface area contributed by atoms with Gasteiger partial charge in [0, 0.05) is 6.07 Å². The van der Waals surface area contributed by atoms with Crippen LogP contribution in [0.1, 0.15) is 10.4 Å². The molecule has 0 amide bonds. The Morgan fingerprint density at radius 3 is 2.53 bits per heavy atom. The smallest absolute Gasteiger partial charge is 0.339 e. The fraction of sp³-hybridized carbons (Fsp3) is 0. The molecule has 0 aliphatic rings. The van der Waals surface area contributed by atoms with Gasteiger partial charge in [0.25, 0.3) is 0 Å². The van der Waals surface area contributed by atoms with Gasteiger partial charge in [-0.25, -0.2) is 9.18 Å². The minimum absolute atomic E-state index is 0.0432. The zero-order chi connectivity index (χ0) is 14.0. The molecule has 0 saturated heterocycles. The lowest BCUT2D eigenvalue weighted by molar-refractivity contribution is 0.0694. The summed E-state index contributed by atoms with van der Waals surface area (Å²) in [6, 6.07) is 8.09. The summed E-state index contributed by atoms with van der Waals surface area (Å²) in [5, 5.41) is 9.10. The number of aromatic carboxylic acids is 1. The lowest BCUT2D eigenvalue weighted by atomic mass is 10.2. The van der Waals surface area contributed by atoms with Crippen LogP contribution in [0.3, 0.4) is 0 Å². The molecule has 2 aromatic rings. The molecular weight excluding hydrogens is 294 g/mol. The Hall–Kier alpha value is -1.78. The Kier molecular flexibility index (Phi) is 3.93. The first kappa shape index (κ1) is 13.6. The van der Waals surface area contributed by atoms with E-state index in [0.717, 1.165) is 6.07 Å². The second-order valence-electron chi connectivity index (χ2n) is 3.60. The summed E-state index contributed by atoms with van der Waals surface area (Å²) in [6.07, 6.45) is 0. The zero-order valence-corrected chi connectivity index (χ0v) is 10.9. The third-order valence-electron chi connectivity index (χ3n) is 2.31. The molecule has 0 bridgehead atoms. The molecule has 1 N–H and O–H groups in total. The van der Waals surface area contributed by atoms with E-state index in [1.807, 2.05) is 0 Å². The first-order valence-electron chi connectivity index (χ1n) is 5.13. The van der Waals surface area contributed by atoms with Crippen LogP contribution in [0.2, 0.25) is 10.0 Å². The molecule has 0 atom stereocenters. The van der Waals surface area contributed by atoms with Gasteiger partial charge in [0.1, 0.15) is 17.1 Å². The normalized spacial score (nSPS) is 10.3. The highest BCUT2D eigenvalue weighted by molar-refractivity contribution is 6.32. The van der Waals surface area contributed by atoms with E-state index in [2.05, 4.69) is 0 Å². The van der Waals surface area contributed by atoms with Crippen molar-refractivity contribution in [1.82, 2.24) is 0 Å². The fourth-order valence-corrected chi connectivity index (χ4v) is 1.77. The summed E-state index contributed by atoms with van der Waals surface area (Å²) in [6.45, 7) is 0. The second kappa shape index (κ2) is 5.47. The van der Waals surface area contributed by atoms with E-state index >= 15 is 0 Å². The number of benzene rings is 2. The van der Waals surface area contributed by atoms with E-state index < -0.39 is 11.8 Å². The number of carboxylic acids is 1. The summed E-state index contributed by atoms with van der Waals surface area (Å²) in [7, 11) is 0. The average molecular weight is 301 g/mol. The zero-order valence-electron chi connectivity index (χ0n) is 9.36. The van der Waals surface area contributed by atoms with Crippen LogP contribution in [0, 0.1) is 5.82 Å². The number of hydrogen-bond acceptors (Lipinski definition) is 2. The fourth-order valence-electron chi connectivity index (χ4n) is 1.44. The Labute approximate surface area is 118 Å². The molecule has 6 heteroatoms. The van der Waals surface area contributed by atoms with Crippen molar-refractivity contribution >= 4 is 29.2 Å². The molecular formula is C13H7Cl2FO3. The van der Waals surface area contributed by atoms with Gasteiger partial charge in [-0.2, -0.15) is 0 Å². The standard InChI is InChI=1S/C13H7Cl2FO3/c14-9-5-4-7(6-11(9)16)19-12-8(13(17)18)2-1-3-10(12)15/h1-6H,(H,17,18). The van der Waals surface area contributed by atoms with Crippen molar-refractivity contribution < 1.29 is 19.0 Å². The summed E-state index contributed by atoms with van der Waals surface area (Å²) in [5.74, 6) is -1.79. The molecule has 2 aromatic carbocycles. The van der Waals surface area contributed by atoms with Gasteiger partial charge in [-0.05, 0) is 24.3 Å². The van der Waals surface area contributed by atoms with E-state index in [-0.39, 0.29) is 27.1 Å². The molecule has 19 heavy (non-hydrogen) atoms. The van der Waals surface area contributed by atoms with Gasteiger partial charge < -0.3 is 9.84 Å². The van der Waals surface area contributed by atoms with Crippen molar-refractivity contribution in [3.63, 3.8) is 0 Å². The van der Waals surface area contributed by atoms with E-state index in [1.54, 1.807) is 0 Å². The lowest BCUT2D eigenvalue weighted by Gasteiger charge is -2.10. The second-order valence-corrected chi connectivity index (χ2v) is 4.41. The van der Waals surface area contributed by atoms with Crippen LogP contribution in [0.5, 0.6) is 11.5 Å². The Bertz CT molecular complexity index is 644. The van der Waals surface area contributed by atoms with Crippen LogP contribution in [0.4, 0.5) is 4.39 Å². The van der Waals surface area contributed by atoms with Gasteiger partial charge in [0.05, 0.1) is 10.0 Å². The molecule has 2 rings (SSSR count). The average Bonchev–Trinajstić information content (AvgIpc) is 2.36. The van der Waals surface area contributed by atoms with Crippen molar-refractivity contribution in [2.45, 2.75) is 0 Å². The third kappa shape index (κ3) is 2.97. The third-order valence-corrected chi connectivity index (χ3v) is 2.91. The van der Waals surface area contributed by atoms with Crippen LogP contribution in [0.15, 0.2) is 36.4 Å². The molecule has 0 aromatic heterocycles. The lowest BCUT2D eigenvalue weighted by Crippen LogP contribution is -2.00. The molecule has 0 heterocycles. The van der Waals surface area contributed by atoms with Gasteiger partial charge >= 0.3 is 5.97 Å². The highest BCUT2D eigenvalue weighted by Gasteiger charge is 2.15. The highest BCUT2D eigenvalue weighted by Crippen LogP contribution is 2.34. The van der Waals surface area contributed by atoms with Crippen LogP contribution >= 0.6 is 23.2 Å². The molecule has 0 saturated carbocycles. The Balaban J connectivity index is 2.42. The number of rotatable bonds is 3. The largest absolute Gasteiger partial charge is 0.478 e. The van der Waals surface area contributed by atoms with E-state index in [1.165, 1.54) is 30.3 Å². The van der Waals surface area contributed by atoms with Crippen LogP contribution in [-0.4, -0.2) is 11.1 Å². The molecule has 0 unspecified atom stereocenters. The molecule has 0 aliphatic carbocycles. The van der Waals surface area contributed by atoms with Crippen LogP contribution in [0.25, 0.3) is 0 Å². The minimum atomic E-state index is -1.19. The Morgan fingerprint density at radius 2 is 1.89 bits per heavy atom. The molecule has 3 nitrogen and oxygen atoms in total. The Morgan fingerprint density at radius 1 is 1.16 bits per heavy atom. The maximum atomic E-state index is 13.3. The molecule has 0 aliphatic heterocycles. The SMILES string of the molecule is O=C(O)c1cccc(Cl)c1Oc1ccc(Cl)c(F)c1. The summed E-state index contributed by atoms with van der Waals surface area (Å²) < 4.78 is 18.6. The topological polar surface area (TPSA) is 46.5 Å². The molecule has 0 spiro atoms. The predicted octanol–water partition coefficient (Wildman–Crippen LogP) is 4.62. The van der Waals surface area contributed by atoms with Gasteiger partial charge in [0.15, 0.2) is 5.75 Å². The van der Waals surface area contributed by atoms with Crippen molar-refractivity contribution in [2.24, 2.45) is 0 Å². The van der Waals surface area contributed by atoms with Crippen LogP contribution < -0.4 is 4.74 Å². The van der Waals surface area contributed by atoms with E-state index in [0.29, 0.717) is 0 Å². The van der Waals surface area contributed by atoms with Crippen molar-refractivity contribution in [3.05, 3.63) is 57.8 Å². The number of hydrogen-bond donors (Lipinski definition) is 1. The van der Waals surface area contributed by atoms with Crippen molar-refractivity contribution in [2.75, 3.05) is 0 Å². The first-order chi connectivity index (χ1) is 8.99. The van der Waals surface area contributed by atoms with Crippen LogP contribution in [-0.2, 0) is 0 Å². The summed E-state index contributed by atoms with van der Waals surface area (Å²) >= 11 is 11.4. The maximum absolute atomic E-state index is 13.3. The minimum Gasteiger partial charge on any atom is -0.478 e. The molecule has 0 radical (unpaired) electrons. The monoisotopic (exact) mass is 300 g/mol. The number of halogens is 3. The van der Waals surface area contributed by atoms with E-state index in [4.69, 9.17) is 33.0 Å². The van der Waals surface area contributed by atoms with Gasteiger partial charge in [0.2, 0.25) is 0 Å². The van der Waals surface area contributed by atoms with Crippen molar-refractivity contribution in [1.29, 1.82) is 0 Å². The summed E-state index contributed by atoms with van der Waals surface area (Å²) in [4.78, 5) is 11.1. The number of ether oxygens (including phenoxy) is 1. The number of para-hydroxylation sites is 1. The first-order valence-corrected chi connectivity index (χ1v) is 5.89. The molecule has 0 fully saturated rings. The van der Waals surface area contributed by atoms with Gasteiger partial charge in [-0.1, -0.05) is 29.3 Å². The highest BCUT2D eigenvalue weighted by atomic mass is 35.5. The summed E-state index contributed by atoms with van der Waals surface area (Å²) in [5.41, 5.74) is -0.108. The van der Waals surface area contributed by atoms with Gasteiger partial charge in [-0.3, -0.25) is 0 Å². The number of carbonyl (C=O) groups is 1. The van der Waals surface area contributed by atoms with Gasteiger partial charge in [-0.15, -0.1) is 0 Å². The number of carboxylic acid groups (broad SMARTS) is 1. The predicted molar refractivity (Wildman–Crippen MR) is 69.9 cm³/mol. The van der Waals surface area contributed by atoms with Crippen molar-refractivity contribution in [3.8, 4) is 11.5 Å². The molecule has 98 valence electrons. The van der Waals surface area contributed by atoms with E-state index in [9.17, 15) is 9.18 Å².